The van der Waals surface area contributed by atoms with Gasteiger partial charge in [0, 0.05) is 0 Å². The molecule has 0 aromatic heterocycles. The summed E-state index contributed by atoms with van der Waals surface area (Å²) in [5.74, 6) is 0.836. The lowest BCUT2D eigenvalue weighted by Gasteiger charge is -2.37. The molecule has 0 amide bonds. The van der Waals surface area contributed by atoms with E-state index in [9.17, 15) is 4.79 Å². The number of hydrogen-bond donors (Lipinski definition) is 0. The predicted molar refractivity (Wildman–Crippen MR) is 112 cm³/mol. The van der Waals surface area contributed by atoms with Crippen molar-refractivity contribution < 1.29 is 9.53 Å². The van der Waals surface area contributed by atoms with E-state index in [1.807, 2.05) is 36.4 Å². The lowest BCUT2D eigenvalue weighted by molar-refractivity contribution is 0.0303. The van der Waals surface area contributed by atoms with Gasteiger partial charge in [-0.15, -0.1) is 0 Å². The Labute approximate surface area is 170 Å². The number of ether oxygens (including phenoxy) is 1. The topological polar surface area (TPSA) is 50.1 Å². The Bertz CT molecular complexity index is 1130. The molecule has 1 aliphatic heterocycles. The maximum Gasteiger partial charge on any atom is 0.170 e. The summed E-state index contributed by atoms with van der Waals surface area (Å²) in [5.41, 5.74) is 5.47. The van der Waals surface area contributed by atoms with E-state index in [0.717, 1.165) is 36.8 Å². The molecule has 0 N–H and O–H groups in total. The number of benzene rings is 3. The minimum atomic E-state index is -0.411. The average molecular weight is 379 g/mol. The van der Waals surface area contributed by atoms with Crippen molar-refractivity contribution in [2.24, 2.45) is 0 Å². The first kappa shape index (κ1) is 17.7. The van der Waals surface area contributed by atoms with Crippen molar-refractivity contribution in [3.8, 4) is 22.9 Å². The molecule has 2 aliphatic rings. The third kappa shape index (κ3) is 3.21. The maximum atomic E-state index is 13.1. The van der Waals surface area contributed by atoms with E-state index in [4.69, 9.17) is 10.00 Å². The molecule has 3 aromatic carbocycles. The summed E-state index contributed by atoms with van der Waals surface area (Å²) in [7, 11) is 0. The Morgan fingerprint density at radius 1 is 0.862 bits per heavy atom. The smallest absolute Gasteiger partial charge is 0.170 e. The van der Waals surface area contributed by atoms with Crippen LogP contribution in [0.4, 0.5) is 0 Å². The zero-order chi connectivity index (χ0) is 19.8. The first-order valence-electron chi connectivity index (χ1n) is 10.1. The molecule has 3 heteroatoms. The highest BCUT2D eigenvalue weighted by Gasteiger charge is 2.41. The molecule has 142 valence electrons. The van der Waals surface area contributed by atoms with Gasteiger partial charge in [0.05, 0.1) is 23.6 Å². The second-order valence-electron chi connectivity index (χ2n) is 8.06. The molecule has 0 radical (unpaired) electrons. The SMILES string of the molecule is N#Cc1cccc(-c2ccc3c(c2)C(=O)CC2(CCc4ccccc4CC2)O3)c1. The van der Waals surface area contributed by atoms with Crippen LogP contribution in [0.3, 0.4) is 0 Å². The van der Waals surface area contributed by atoms with Gasteiger partial charge >= 0.3 is 0 Å². The number of nitrogens with zero attached hydrogens (tertiary/aromatic N) is 1. The molecule has 0 saturated carbocycles. The van der Waals surface area contributed by atoms with Crippen LogP contribution in [0.25, 0.3) is 11.1 Å². The molecule has 3 aromatic rings. The zero-order valence-electron chi connectivity index (χ0n) is 16.2. The highest BCUT2D eigenvalue weighted by atomic mass is 16.5. The first-order chi connectivity index (χ1) is 14.2. The first-order valence-corrected chi connectivity index (χ1v) is 10.1. The zero-order valence-corrected chi connectivity index (χ0v) is 16.2. The van der Waals surface area contributed by atoms with Gasteiger partial charge in [-0.2, -0.15) is 5.26 Å². The molecule has 0 fully saturated rings. The third-order valence-electron chi connectivity index (χ3n) is 6.23. The van der Waals surface area contributed by atoms with Gasteiger partial charge in [-0.25, -0.2) is 0 Å². The van der Waals surface area contributed by atoms with E-state index >= 15 is 0 Å². The largest absolute Gasteiger partial charge is 0.486 e. The van der Waals surface area contributed by atoms with Gasteiger partial charge in [0.15, 0.2) is 5.78 Å². The minimum absolute atomic E-state index is 0.149. The molecule has 1 spiro atoms. The van der Waals surface area contributed by atoms with Crippen LogP contribution < -0.4 is 4.74 Å². The lowest BCUT2D eigenvalue weighted by atomic mass is 9.83. The van der Waals surface area contributed by atoms with Crippen molar-refractivity contribution in [3.63, 3.8) is 0 Å². The van der Waals surface area contributed by atoms with Gasteiger partial charge in [-0.3, -0.25) is 4.79 Å². The maximum absolute atomic E-state index is 13.1. The highest BCUT2D eigenvalue weighted by molar-refractivity contribution is 6.01. The van der Waals surface area contributed by atoms with E-state index in [2.05, 4.69) is 30.3 Å². The summed E-state index contributed by atoms with van der Waals surface area (Å²) in [5, 5.41) is 9.15. The van der Waals surface area contributed by atoms with E-state index in [1.165, 1.54) is 11.1 Å². The fraction of sp³-hybridized carbons (Fsp3) is 0.231. The monoisotopic (exact) mass is 379 g/mol. The van der Waals surface area contributed by atoms with E-state index in [1.54, 1.807) is 6.07 Å². The van der Waals surface area contributed by atoms with Gasteiger partial charge in [-0.05, 0) is 72.2 Å². The number of fused-ring (bicyclic) bond motifs is 2. The molecule has 1 aliphatic carbocycles. The van der Waals surface area contributed by atoms with Gasteiger partial charge in [0.25, 0.3) is 0 Å². The fourth-order valence-electron chi connectivity index (χ4n) is 4.62. The summed E-state index contributed by atoms with van der Waals surface area (Å²) in [4.78, 5) is 13.1. The molecule has 0 unspecified atom stereocenters. The molecule has 0 bridgehead atoms. The average Bonchev–Trinajstić information content (AvgIpc) is 2.94. The number of hydrogen-bond acceptors (Lipinski definition) is 3. The molecule has 29 heavy (non-hydrogen) atoms. The normalized spacial score (nSPS) is 16.9. The van der Waals surface area contributed by atoms with Gasteiger partial charge in [-0.1, -0.05) is 42.5 Å². The summed E-state index contributed by atoms with van der Waals surface area (Å²) in [6.07, 6.45) is 4.04. The Balaban J connectivity index is 1.46. The van der Waals surface area contributed by atoms with Crippen molar-refractivity contribution in [3.05, 3.63) is 89.0 Å². The van der Waals surface area contributed by atoms with Crippen LogP contribution in [0.15, 0.2) is 66.7 Å². The Morgan fingerprint density at radius 2 is 1.59 bits per heavy atom. The van der Waals surface area contributed by atoms with E-state index < -0.39 is 5.60 Å². The number of rotatable bonds is 1. The van der Waals surface area contributed by atoms with Gasteiger partial charge < -0.3 is 4.74 Å². The number of carbonyl (C=O) groups excluding carboxylic acids is 1. The van der Waals surface area contributed by atoms with Crippen LogP contribution >= 0.6 is 0 Å². The summed E-state index contributed by atoms with van der Waals surface area (Å²) in [6.45, 7) is 0. The van der Waals surface area contributed by atoms with Gasteiger partial charge in [0.1, 0.15) is 11.4 Å². The number of ketones is 1. The van der Waals surface area contributed by atoms with Crippen LogP contribution in [0, 0.1) is 11.3 Å². The van der Waals surface area contributed by atoms with Crippen LogP contribution in [0.2, 0.25) is 0 Å². The van der Waals surface area contributed by atoms with Crippen molar-refractivity contribution >= 4 is 5.78 Å². The van der Waals surface area contributed by atoms with Crippen LogP contribution in [-0.4, -0.2) is 11.4 Å². The molecule has 0 atom stereocenters. The molecular weight excluding hydrogens is 358 g/mol. The molecule has 1 heterocycles. The summed E-state index contributed by atoms with van der Waals surface area (Å²) >= 11 is 0. The molecule has 0 saturated heterocycles. The van der Waals surface area contributed by atoms with Crippen molar-refractivity contribution in [1.82, 2.24) is 0 Å². The van der Waals surface area contributed by atoms with Crippen LogP contribution in [0.5, 0.6) is 5.75 Å². The molecule has 3 nitrogen and oxygen atoms in total. The summed E-state index contributed by atoms with van der Waals surface area (Å²) < 4.78 is 6.50. The number of carbonyl (C=O) groups is 1. The molecule has 5 rings (SSSR count). The Kier molecular flexibility index (Phi) is 4.21. The van der Waals surface area contributed by atoms with Crippen molar-refractivity contribution in [2.45, 2.75) is 37.7 Å². The summed E-state index contributed by atoms with van der Waals surface area (Å²) in [6, 6.07) is 24.0. The van der Waals surface area contributed by atoms with Crippen LogP contribution in [-0.2, 0) is 12.8 Å². The third-order valence-corrected chi connectivity index (χ3v) is 6.23. The number of Topliss-reactive ketones (excluding diaryl/α,β-unsaturated/α-hetero) is 1. The number of aryl methyl sites for hydroxylation is 2. The van der Waals surface area contributed by atoms with E-state index in [0.29, 0.717) is 23.3 Å². The van der Waals surface area contributed by atoms with Crippen molar-refractivity contribution in [2.75, 3.05) is 0 Å². The number of nitriles is 1. The van der Waals surface area contributed by atoms with Gasteiger partial charge in [0.2, 0.25) is 0 Å². The fourth-order valence-corrected chi connectivity index (χ4v) is 4.62. The molecular formula is C26H21NO2. The highest BCUT2D eigenvalue weighted by Crippen LogP contribution is 2.42. The standard InChI is InChI=1S/C26H21NO2/c27-17-18-4-3-7-21(14-18)22-8-9-25-23(15-22)24(28)16-26(29-25)12-10-19-5-1-2-6-20(19)11-13-26/h1-9,14-15H,10-13,16H2. The minimum Gasteiger partial charge on any atom is -0.486 e. The Morgan fingerprint density at radius 3 is 2.31 bits per heavy atom. The van der Waals surface area contributed by atoms with E-state index in [-0.39, 0.29) is 5.78 Å². The second kappa shape index (κ2) is 6.90. The van der Waals surface area contributed by atoms with Crippen molar-refractivity contribution in [1.29, 1.82) is 5.26 Å². The predicted octanol–water partition coefficient (Wildman–Crippen LogP) is 5.51. The Hall–Kier alpha value is -3.38. The van der Waals surface area contributed by atoms with Crippen LogP contribution in [0.1, 0.15) is 46.3 Å². The quantitative estimate of drug-likeness (QED) is 0.560. The second-order valence-corrected chi connectivity index (χ2v) is 8.06. The lowest BCUT2D eigenvalue weighted by Crippen LogP contribution is -2.42.